The zero-order chi connectivity index (χ0) is 23.4. The molecule has 2 heterocycles. The molecule has 0 spiro atoms. The van der Waals surface area contributed by atoms with Crippen LogP contribution in [0.5, 0.6) is 5.75 Å². The number of fused-ring (bicyclic) bond motifs is 1. The van der Waals surface area contributed by atoms with Gasteiger partial charge in [-0.1, -0.05) is 18.2 Å². The number of para-hydroxylation sites is 1. The highest BCUT2D eigenvalue weighted by Crippen LogP contribution is 2.37. The fourth-order valence-electron chi connectivity index (χ4n) is 3.35. The van der Waals surface area contributed by atoms with Crippen molar-refractivity contribution in [1.82, 2.24) is 10.2 Å². The maximum Gasteiger partial charge on any atom is 0.355 e. The third kappa shape index (κ3) is 4.98. The summed E-state index contributed by atoms with van der Waals surface area (Å²) in [5.74, 6) is -0.497. The number of esters is 1. The average Bonchev–Trinajstić information content (AvgIpc) is 2.84. The second-order valence-electron chi connectivity index (χ2n) is 7.17. The van der Waals surface area contributed by atoms with Gasteiger partial charge in [-0.05, 0) is 35.9 Å². The summed E-state index contributed by atoms with van der Waals surface area (Å²) in [6.07, 6.45) is 1.60. The predicted octanol–water partition coefficient (Wildman–Crippen LogP) is 2.00. The van der Waals surface area contributed by atoms with Gasteiger partial charge >= 0.3 is 5.97 Å². The van der Waals surface area contributed by atoms with Crippen LogP contribution in [0.25, 0.3) is 0 Å². The first-order chi connectivity index (χ1) is 15.9. The molecule has 1 saturated heterocycles. The molecule has 170 valence electrons. The highest BCUT2D eigenvalue weighted by atomic mass is 32.2. The average molecular weight is 469 g/mol. The Morgan fingerprint density at radius 2 is 1.88 bits per heavy atom. The van der Waals surface area contributed by atoms with Gasteiger partial charge in [-0.15, -0.1) is 11.8 Å². The summed E-state index contributed by atoms with van der Waals surface area (Å²) in [6.45, 7) is -0.323. The molecule has 2 atom stereocenters. The molecule has 4 rings (SSSR count). The number of β-lactam (4-membered cyclic amide) rings is 1. The maximum atomic E-state index is 12.6. The van der Waals surface area contributed by atoms with Gasteiger partial charge in [-0.2, -0.15) is 0 Å². The highest BCUT2D eigenvalue weighted by molar-refractivity contribution is 8.00. The molecule has 2 aliphatic rings. The first-order valence-electron chi connectivity index (χ1n) is 9.96. The number of amides is 2. The van der Waals surface area contributed by atoms with Gasteiger partial charge in [0.25, 0.3) is 17.5 Å². The van der Waals surface area contributed by atoms with Gasteiger partial charge in [-0.25, -0.2) is 4.79 Å². The van der Waals surface area contributed by atoms with E-state index in [9.17, 15) is 24.5 Å². The molecule has 1 fully saturated rings. The second-order valence-corrected chi connectivity index (χ2v) is 8.32. The fourth-order valence-corrected chi connectivity index (χ4v) is 4.54. The van der Waals surface area contributed by atoms with Crippen LogP contribution in [0.15, 0.2) is 66.4 Å². The number of non-ortho nitro benzene ring substituents is 1. The van der Waals surface area contributed by atoms with E-state index >= 15 is 0 Å². The SMILES string of the molecule is O=C(COc1ccccc1)NC1C(=O)N2C(C(=O)OCc3ccc([N+](=O)[O-])cc3)=CCS[C@@H]12. The van der Waals surface area contributed by atoms with Crippen molar-refractivity contribution in [3.8, 4) is 5.75 Å². The maximum absolute atomic E-state index is 12.6. The number of nitrogens with zero attached hydrogens (tertiary/aromatic N) is 2. The van der Waals surface area contributed by atoms with E-state index in [0.29, 0.717) is 17.1 Å². The Hall–Kier alpha value is -3.86. The molecule has 1 N–H and O–H groups in total. The number of nitrogens with one attached hydrogen (secondary N) is 1. The van der Waals surface area contributed by atoms with Crippen molar-refractivity contribution in [2.24, 2.45) is 0 Å². The van der Waals surface area contributed by atoms with Crippen LogP contribution in [-0.4, -0.2) is 51.4 Å². The van der Waals surface area contributed by atoms with Crippen molar-refractivity contribution < 1.29 is 28.8 Å². The summed E-state index contributed by atoms with van der Waals surface area (Å²) < 4.78 is 10.7. The van der Waals surface area contributed by atoms with Crippen molar-refractivity contribution in [3.63, 3.8) is 0 Å². The lowest BCUT2D eigenvalue weighted by Crippen LogP contribution is -2.70. The summed E-state index contributed by atoms with van der Waals surface area (Å²) in [5.41, 5.74) is 0.639. The molecule has 2 aromatic carbocycles. The van der Waals surface area contributed by atoms with Gasteiger partial charge in [-0.3, -0.25) is 24.6 Å². The molecule has 11 heteroatoms. The van der Waals surface area contributed by atoms with Gasteiger partial charge in [0.15, 0.2) is 6.61 Å². The third-order valence-corrected chi connectivity index (χ3v) is 6.19. The number of ether oxygens (including phenoxy) is 2. The lowest BCUT2D eigenvalue weighted by atomic mass is 10.1. The lowest BCUT2D eigenvalue weighted by molar-refractivity contribution is -0.384. The molecule has 33 heavy (non-hydrogen) atoms. The quantitative estimate of drug-likeness (QED) is 0.269. The van der Waals surface area contributed by atoms with E-state index in [0.717, 1.165) is 0 Å². The molecule has 0 saturated carbocycles. The van der Waals surface area contributed by atoms with Gasteiger partial charge < -0.3 is 14.8 Å². The minimum absolute atomic E-state index is 0.0617. The molecule has 0 aliphatic carbocycles. The first kappa shape index (κ1) is 22.3. The van der Waals surface area contributed by atoms with Crippen molar-refractivity contribution in [2.75, 3.05) is 12.4 Å². The van der Waals surface area contributed by atoms with E-state index in [1.165, 1.54) is 40.9 Å². The summed E-state index contributed by atoms with van der Waals surface area (Å²) in [6, 6.07) is 13.7. The van der Waals surface area contributed by atoms with Gasteiger partial charge in [0.05, 0.1) is 4.92 Å². The highest BCUT2D eigenvalue weighted by Gasteiger charge is 2.53. The van der Waals surface area contributed by atoms with Crippen LogP contribution in [0.4, 0.5) is 5.69 Å². The van der Waals surface area contributed by atoms with Crippen LogP contribution in [0.1, 0.15) is 5.56 Å². The standard InChI is InChI=1S/C22H19N3O7S/c26-18(13-31-16-4-2-1-3-5-16)23-19-20(27)24-17(10-11-33-21(19)24)22(28)32-12-14-6-8-15(9-7-14)25(29)30/h1-10,19,21H,11-13H2,(H,23,26)/t19?,21-/m0/s1. The zero-order valence-corrected chi connectivity index (χ0v) is 18.0. The molecule has 1 unspecified atom stereocenters. The molecule has 2 aromatic rings. The van der Waals surface area contributed by atoms with Crippen LogP contribution >= 0.6 is 11.8 Å². The molecule has 2 amide bonds. The Bertz CT molecular complexity index is 1100. The van der Waals surface area contributed by atoms with Crippen LogP contribution in [0.3, 0.4) is 0 Å². The fraction of sp³-hybridized carbons (Fsp3) is 0.227. The van der Waals surface area contributed by atoms with Gasteiger partial charge in [0.2, 0.25) is 0 Å². The summed E-state index contributed by atoms with van der Waals surface area (Å²) in [4.78, 5) is 48.9. The lowest BCUT2D eigenvalue weighted by Gasteiger charge is -2.48. The van der Waals surface area contributed by atoms with E-state index in [-0.39, 0.29) is 24.6 Å². The minimum Gasteiger partial charge on any atom is -0.484 e. The number of carbonyl (C=O) groups is 3. The normalized spacial score (nSPS) is 19.0. The Morgan fingerprint density at radius 3 is 2.58 bits per heavy atom. The Balaban J connectivity index is 1.29. The number of hydrogen-bond acceptors (Lipinski definition) is 8. The number of hydrogen-bond donors (Lipinski definition) is 1. The van der Waals surface area contributed by atoms with Crippen LogP contribution in [0, 0.1) is 10.1 Å². The largest absolute Gasteiger partial charge is 0.484 e. The summed E-state index contributed by atoms with van der Waals surface area (Å²) >= 11 is 1.42. The second kappa shape index (κ2) is 9.74. The van der Waals surface area contributed by atoms with Crippen molar-refractivity contribution in [2.45, 2.75) is 18.0 Å². The van der Waals surface area contributed by atoms with Gasteiger partial charge in [0.1, 0.15) is 29.5 Å². The first-order valence-corrected chi connectivity index (χ1v) is 11.0. The molecule has 0 aromatic heterocycles. The monoisotopic (exact) mass is 469 g/mol. The molecule has 0 bridgehead atoms. The number of nitro benzene ring substituents is 1. The number of carbonyl (C=O) groups excluding carboxylic acids is 3. The summed E-state index contributed by atoms with van der Waals surface area (Å²) in [5, 5.41) is 13.0. The number of thioether (sulfide) groups is 1. The Morgan fingerprint density at radius 1 is 1.15 bits per heavy atom. The molecule has 10 nitrogen and oxygen atoms in total. The minimum atomic E-state index is -0.756. The van der Waals surface area contributed by atoms with Gasteiger partial charge in [0, 0.05) is 17.9 Å². The molecule has 2 aliphatic heterocycles. The Kier molecular flexibility index (Phi) is 6.59. The summed E-state index contributed by atoms with van der Waals surface area (Å²) in [7, 11) is 0. The number of benzene rings is 2. The van der Waals surface area contributed by atoms with Crippen LogP contribution in [-0.2, 0) is 25.7 Å². The molecular weight excluding hydrogens is 450 g/mol. The molecule has 0 radical (unpaired) electrons. The third-order valence-electron chi connectivity index (χ3n) is 5.00. The topological polar surface area (TPSA) is 128 Å². The Labute approximate surface area is 192 Å². The van der Waals surface area contributed by atoms with Crippen molar-refractivity contribution in [1.29, 1.82) is 0 Å². The van der Waals surface area contributed by atoms with E-state index in [2.05, 4.69) is 5.32 Å². The predicted molar refractivity (Wildman–Crippen MR) is 118 cm³/mol. The zero-order valence-electron chi connectivity index (χ0n) is 17.2. The van der Waals surface area contributed by atoms with E-state index in [1.807, 2.05) is 6.07 Å². The number of rotatable bonds is 8. The van der Waals surface area contributed by atoms with Crippen LogP contribution < -0.4 is 10.1 Å². The van der Waals surface area contributed by atoms with Crippen molar-refractivity contribution >= 4 is 35.2 Å². The molecular formula is C22H19N3O7S. The van der Waals surface area contributed by atoms with E-state index in [4.69, 9.17) is 9.47 Å². The number of nitro groups is 1. The smallest absolute Gasteiger partial charge is 0.355 e. The van der Waals surface area contributed by atoms with Crippen LogP contribution in [0.2, 0.25) is 0 Å². The van der Waals surface area contributed by atoms with Crippen molar-refractivity contribution in [3.05, 3.63) is 82.0 Å². The van der Waals surface area contributed by atoms with E-state index in [1.54, 1.807) is 30.3 Å². The van der Waals surface area contributed by atoms with E-state index < -0.39 is 34.1 Å².